The molecule has 88 valence electrons. The molecule has 1 rings (SSSR count). The SMILES string of the molecule is CCN(CC)CC1COC(C)(C)CC1=O. The van der Waals surface area contributed by atoms with Crippen LogP contribution < -0.4 is 0 Å². The third-order valence-corrected chi connectivity index (χ3v) is 3.10. The molecule has 0 aromatic carbocycles. The van der Waals surface area contributed by atoms with Gasteiger partial charge in [-0.05, 0) is 26.9 Å². The molecule has 0 aliphatic carbocycles. The van der Waals surface area contributed by atoms with E-state index in [-0.39, 0.29) is 11.5 Å². The second-order valence-electron chi connectivity index (χ2n) is 4.90. The minimum Gasteiger partial charge on any atom is -0.374 e. The van der Waals surface area contributed by atoms with Gasteiger partial charge in [-0.25, -0.2) is 0 Å². The largest absolute Gasteiger partial charge is 0.374 e. The van der Waals surface area contributed by atoms with Gasteiger partial charge in [0.25, 0.3) is 0 Å². The maximum Gasteiger partial charge on any atom is 0.142 e. The molecular weight excluding hydrogens is 190 g/mol. The number of hydrogen-bond donors (Lipinski definition) is 0. The van der Waals surface area contributed by atoms with E-state index in [0.717, 1.165) is 19.6 Å². The van der Waals surface area contributed by atoms with Crippen molar-refractivity contribution in [3.05, 3.63) is 0 Å². The molecule has 1 saturated heterocycles. The van der Waals surface area contributed by atoms with Crippen LogP contribution in [0, 0.1) is 5.92 Å². The Bertz CT molecular complexity index is 222. The van der Waals surface area contributed by atoms with Gasteiger partial charge >= 0.3 is 0 Å². The van der Waals surface area contributed by atoms with Gasteiger partial charge in [-0.3, -0.25) is 4.79 Å². The van der Waals surface area contributed by atoms with Crippen molar-refractivity contribution in [2.24, 2.45) is 5.92 Å². The summed E-state index contributed by atoms with van der Waals surface area (Å²) >= 11 is 0. The van der Waals surface area contributed by atoms with Gasteiger partial charge in [0.1, 0.15) is 5.78 Å². The predicted molar refractivity (Wildman–Crippen MR) is 60.9 cm³/mol. The summed E-state index contributed by atoms with van der Waals surface area (Å²) in [4.78, 5) is 14.2. The summed E-state index contributed by atoms with van der Waals surface area (Å²) in [5.74, 6) is 0.441. The van der Waals surface area contributed by atoms with Crippen LogP contribution >= 0.6 is 0 Å². The molecule has 15 heavy (non-hydrogen) atoms. The molecule has 3 heteroatoms. The first-order chi connectivity index (χ1) is 6.98. The third kappa shape index (κ3) is 3.58. The van der Waals surface area contributed by atoms with Gasteiger partial charge in [-0.2, -0.15) is 0 Å². The second kappa shape index (κ2) is 5.08. The van der Waals surface area contributed by atoms with Gasteiger partial charge in [0.2, 0.25) is 0 Å². The molecule has 0 amide bonds. The van der Waals surface area contributed by atoms with Crippen LogP contribution in [0.1, 0.15) is 34.1 Å². The van der Waals surface area contributed by atoms with Crippen LogP contribution in [0.4, 0.5) is 0 Å². The number of rotatable bonds is 4. The smallest absolute Gasteiger partial charge is 0.142 e. The van der Waals surface area contributed by atoms with E-state index in [1.165, 1.54) is 0 Å². The Hall–Kier alpha value is -0.410. The first-order valence-electron chi connectivity index (χ1n) is 5.87. The summed E-state index contributed by atoms with van der Waals surface area (Å²) in [6, 6.07) is 0. The molecule has 0 N–H and O–H groups in total. The molecule has 0 spiro atoms. The van der Waals surface area contributed by atoms with E-state index in [4.69, 9.17) is 4.74 Å². The third-order valence-electron chi connectivity index (χ3n) is 3.10. The van der Waals surface area contributed by atoms with E-state index in [0.29, 0.717) is 18.8 Å². The van der Waals surface area contributed by atoms with E-state index in [1.807, 2.05) is 13.8 Å². The maximum absolute atomic E-state index is 11.9. The van der Waals surface area contributed by atoms with Gasteiger partial charge in [-0.15, -0.1) is 0 Å². The molecule has 0 radical (unpaired) electrons. The van der Waals surface area contributed by atoms with Gasteiger partial charge in [0.05, 0.1) is 18.1 Å². The molecule has 1 heterocycles. The molecule has 0 saturated carbocycles. The van der Waals surface area contributed by atoms with Crippen LogP contribution in [0.3, 0.4) is 0 Å². The second-order valence-corrected chi connectivity index (χ2v) is 4.90. The molecule has 1 fully saturated rings. The van der Waals surface area contributed by atoms with Gasteiger partial charge in [0.15, 0.2) is 0 Å². The highest BCUT2D eigenvalue weighted by Crippen LogP contribution is 2.25. The summed E-state index contributed by atoms with van der Waals surface area (Å²) in [5, 5.41) is 0. The van der Waals surface area contributed by atoms with Gasteiger partial charge in [0, 0.05) is 13.0 Å². The van der Waals surface area contributed by atoms with Crippen molar-refractivity contribution in [3.8, 4) is 0 Å². The lowest BCUT2D eigenvalue weighted by molar-refractivity contribution is -0.145. The number of ether oxygens (including phenoxy) is 1. The summed E-state index contributed by atoms with van der Waals surface area (Å²) in [6.07, 6.45) is 0.554. The maximum atomic E-state index is 11.9. The molecule has 1 aliphatic rings. The Morgan fingerprint density at radius 1 is 1.40 bits per heavy atom. The highest BCUT2D eigenvalue weighted by molar-refractivity contribution is 5.82. The fourth-order valence-electron chi connectivity index (χ4n) is 1.98. The van der Waals surface area contributed by atoms with E-state index >= 15 is 0 Å². The van der Waals surface area contributed by atoms with E-state index in [1.54, 1.807) is 0 Å². The Morgan fingerprint density at radius 2 is 2.00 bits per heavy atom. The van der Waals surface area contributed by atoms with E-state index in [2.05, 4.69) is 18.7 Å². The van der Waals surface area contributed by atoms with Crippen molar-refractivity contribution >= 4 is 5.78 Å². The van der Waals surface area contributed by atoms with Crippen LogP contribution in [-0.2, 0) is 9.53 Å². The minimum atomic E-state index is -0.253. The van der Waals surface area contributed by atoms with E-state index in [9.17, 15) is 4.79 Å². The van der Waals surface area contributed by atoms with Gasteiger partial charge < -0.3 is 9.64 Å². The number of carbonyl (C=O) groups excluding carboxylic acids is 1. The fraction of sp³-hybridized carbons (Fsp3) is 0.917. The molecule has 0 aromatic heterocycles. The Balaban J connectivity index is 2.48. The average molecular weight is 213 g/mol. The molecule has 0 aromatic rings. The van der Waals surface area contributed by atoms with Crippen LogP contribution in [0.15, 0.2) is 0 Å². The van der Waals surface area contributed by atoms with Crippen LogP contribution in [0.2, 0.25) is 0 Å². The molecule has 1 atom stereocenters. The zero-order valence-electron chi connectivity index (χ0n) is 10.4. The van der Waals surface area contributed by atoms with Crippen LogP contribution in [-0.4, -0.2) is 42.5 Å². The van der Waals surface area contributed by atoms with Crippen molar-refractivity contribution in [1.29, 1.82) is 0 Å². The first-order valence-corrected chi connectivity index (χ1v) is 5.87. The number of carbonyl (C=O) groups is 1. The Morgan fingerprint density at radius 3 is 2.47 bits per heavy atom. The number of nitrogens with zero attached hydrogens (tertiary/aromatic N) is 1. The zero-order chi connectivity index (χ0) is 11.5. The Labute approximate surface area is 92.8 Å². The summed E-state index contributed by atoms with van der Waals surface area (Å²) < 4.78 is 5.69. The van der Waals surface area contributed by atoms with Crippen molar-refractivity contribution in [3.63, 3.8) is 0 Å². The average Bonchev–Trinajstić information content (AvgIpc) is 2.16. The van der Waals surface area contributed by atoms with Crippen molar-refractivity contribution in [1.82, 2.24) is 4.90 Å². The van der Waals surface area contributed by atoms with Gasteiger partial charge in [-0.1, -0.05) is 13.8 Å². The predicted octanol–water partition coefficient (Wildman–Crippen LogP) is 1.71. The van der Waals surface area contributed by atoms with Crippen LogP contribution in [0.5, 0.6) is 0 Å². The Kier molecular flexibility index (Phi) is 4.29. The standard InChI is InChI=1S/C12H23NO2/c1-5-13(6-2)8-10-9-15-12(3,4)7-11(10)14/h10H,5-9H2,1-4H3. The van der Waals surface area contributed by atoms with Crippen LogP contribution in [0.25, 0.3) is 0 Å². The summed E-state index contributed by atoms with van der Waals surface area (Å²) in [5.41, 5.74) is -0.253. The molecule has 1 unspecified atom stereocenters. The zero-order valence-corrected chi connectivity index (χ0v) is 10.4. The fourth-order valence-corrected chi connectivity index (χ4v) is 1.98. The number of hydrogen-bond acceptors (Lipinski definition) is 3. The normalized spacial score (nSPS) is 25.9. The molecule has 3 nitrogen and oxygen atoms in total. The van der Waals surface area contributed by atoms with Crippen molar-refractivity contribution < 1.29 is 9.53 Å². The van der Waals surface area contributed by atoms with Crippen molar-refractivity contribution in [2.45, 2.75) is 39.7 Å². The minimum absolute atomic E-state index is 0.0814. The quantitative estimate of drug-likeness (QED) is 0.712. The lowest BCUT2D eigenvalue weighted by atomic mass is 9.90. The lowest BCUT2D eigenvalue weighted by Gasteiger charge is -2.35. The summed E-state index contributed by atoms with van der Waals surface area (Å²) in [7, 11) is 0. The highest BCUT2D eigenvalue weighted by Gasteiger charge is 2.34. The van der Waals surface area contributed by atoms with E-state index < -0.39 is 0 Å². The molecule has 1 aliphatic heterocycles. The molecular formula is C12H23NO2. The first kappa shape index (κ1) is 12.7. The lowest BCUT2D eigenvalue weighted by Crippen LogP contribution is -2.45. The molecule has 0 bridgehead atoms. The highest BCUT2D eigenvalue weighted by atomic mass is 16.5. The van der Waals surface area contributed by atoms with Crippen molar-refractivity contribution in [2.75, 3.05) is 26.2 Å². The number of Topliss-reactive ketones (excluding diaryl/α,β-unsaturated/α-hetero) is 1. The topological polar surface area (TPSA) is 29.5 Å². The summed E-state index contributed by atoms with van der Waals surface area (Å²) in [6.45, 7) is 11.7. The number of ketones is 1. The monoisotopic (exact) mass is 213 g/mol.